The second-order valence-corrected chi connectivity index (χ2v) is 5.13. The van der Waals surface area contributed by atoms with E-state index in [1.165, 1.54) is 18.3 Å². The predicted molar refractivity (Wildman–Crippen MR) is 74.1 cm³/mol. The van der Waals surface area contributed by atoms with E-state index < -0.39 is 17.2 Å². The lowest BCUT2D eigenvalue weighted by Gasteiger charge is -2.16. The van der Waals surface area contributed by atoms with E-state index in [1.54, 1.807) is 4.57 Å². The number of hydrogen-bond donors (Lipinski definition) is 1. The number of ether oxygens (including phenoxy) is 1. The Balaban J connectivity index is 2.19. The smallest absolute Gasteiger partial charge is 0.341 e. The van der Waals surface area contributed by atoms with Crippen molar-refractivity contribution in [2.75, 3.05) is 6.61 Å². The summed E-state index contributed by atoms with van der Waals surface area (Å²) in [6, 6.07) is 3.83. The lowest BCUT2D eigenvalue weighted by Crippen LogP contribution is -2.22. The maximum atomic E-state index is 13.4. The van der Waals surface area contributed by atoms with Crippen LogP contribution in [0.15, 0.2) is 29.2 Å². The molecular formula is C15H14FNO4. The molecule has 0 spiro atoms. The van der Waals surface area contributed by atoms with Crippen molar-refractivity contribution >= 4 is 16.9 Å². The van der Waals surface area contributed by atoms with Gasteiger partial charge in [-0.15, -0.1) is 0 Å². The molecule has 0 amide bonds. The first-order valence-electron chi connectivity index (χ1n) is 6.74. The van der Waals surface area contributed by atoms with Gasteiger partial charge in [0.25, 0.3) is 0 Å². The van der Waals surface area contributed by atoms with Crippen LogP contribution in [0.2, 0.25) is 0 Å². The van der Waals surface area contributed by atoms with Crippen molar-refractivity contribution in [3.8, 4) is 0 Å². The summed E-state index contributed by atoms with van der Waals surface area (Å²) in [6.45, 7) is 1.13. The molecule has 5 nitrogen and oxygen atoms in total. The number of carboxylic acid groups (broad SMARTS) is 1. The van der Waals surface area contributed by atoms with Crippen molar-refractivity contribution in [2.24, 2.45) is 0 Å². The first kappa shape index (κ1) is 13.8. The lowest BCUT2D eigenvalue weighted by atomic mass is 10.1. The Morgan fingerprint density at radius 2 is 2.29 bits per heavy atom. The SMILES string of the molecule is O=C(O)c1cn(CC2CCCO2)c2ccc(F)cc2c1=O. The number of halogens is 1. The number of fused-ring (bicyclic) bond motifs is 1. The van der Waals surface area contributed by atoms with Crippen molar-refractivity contribution in [3.05, 3.63) is 46.0 Å². The Morgan fingerprint density at radius 3 is 2.95 bits per heavy atom. The third kappa shape index (κ3) is 2.54. The van der Waals surface area contributed by atoms with Crippen LogP contribution < -0.4 is 5.43 Å². The molecule has 110 valence electrons. The summed E-state index contributed by atoms with van der Waals surface area (Å²) < 4.78 is 20.6. The molecule has 0 saturated carbocycles. The zero-order chi connectivity index (χ0) is 15.0. The molecule has 0 aliphatic carbocycles. The Hall–Kier alpha value is -2.21. The zero-order valence-corrected chi connectivity index (χ0v) is 11.2. The van der Waals surface area contributed by atoms with E-state index in [9.17, 15) is 14.0 Å². The zero-order valence-electron chi connectivity index (χ0n) is 11.2. The van der Waals surface area contributed by atoms with E-state index in [4.69, 9.17) is 9.84 Å². The van der Waals surface area contributed by atoms with Gasteiger partial charge in [0, 0.05) is 24.7 Å². The number of aromatic nitrogens is 1. The molecule has 3 rings (SSSR count). The van der Waals surface area contributed by atoms with Gasteiger partial charge < -0.3 is 14.4 Å². The molecule has 1 aromatic carbocycles. The Morgan fingerprint density at radius 1 is 1.48 bits per heavy atom. The van der Waals surface area contributed by atoms with Crippen LogP contribution in [0.3, 0.4) is 0 Å². The van der Waals surface area contributed by atoms with Crippen molar-refractivity contribution in [1.29, 1.82) is 0 Å². The van der Waals surface area contributed by atoms with Crippen LogP contribution in [0.4, 0.5) is 4.39 Å². The van der Waals surface area contributed by atoms with E-state index in [0.29, 0.717) is 18.7 Å². The normalized spacial score (nSPS) is 18.2. The molecule has 2 heterocycles. The first-order chi connectivity index (χ1) is 10.1. The maximum Gasteiger partial charge on any atom is 0.341 e. The van der Waals surface area contributed by atoms with Gasteiger partial charge in [-0.25, -0.2) is 9.18 Å². The third-order valence-corrected chi connectivity index (χ3v) is 3.70. The minimum absolute atomic E-state index is 0.0117. The summed E-state index contributed by atoms with van der Waals surface area (Å²) in [4.78, 5) is 23.3. The maximum absolute atomic E-state index is 13.4. The molecule has 1 saturated heterocycles. The summed E-state index contributed by atoms with van der Waals surface area (Å²) in [5, 5.41) is 9.22. The molecule has 0 bridgehead atoms. The van der Waals surface area contributed by atoms with Crippen molar-refractivity contribution in [1.82, 2.24) is 4.57 Å². The number of benzene rings is 1. The van der Waals surface area contributed by atoms with E-state index in [-0.39, 0.29) is 17.1 Å². The van der Waals surface area contributed by atoms with E-state index in [0.717, 1.165) is 18.9 Å². The van der Waals surface area contributed by atoms with Crippen LogP contribution in [0, 0.1) is 5.82 Å². The number of pyridine rings is 1. The summed E-state index contributed by atoms with van der Waals surface area (Å²) in [6.07, 6.45) is 3.15. The van der Waals surface area contributed by atoms with Crippen LogP contribution in [-0.4, -0.2) is 28.4 Å². The molecule has 1 aliphatic rings. The van der Waals surface area contributed by atoms with E-state index in [1.807, 2.05) is 0 Å². The highest BCUT2D eigenvalue weighted by atomic mass is 19.1. The van der Waals surface area contributed by atoms with Crippen molar-refractivity contribution in [2.45, 2.75) is 25.5 Å². The monoisotopic (exact) mass is 291 g/mol. The number of carbonyl (C=O) groups is 1. The number of carboxylic acids is 1. The second-order valence-electron chi connectivity index (χ2n) is 5.13. The highest BCUT2D eigenvalue weighted by molar-refractivity contribution is 5.92. The van der Waals surface area contributed by atoms with Crippen LogP contribution >= 0.6 is 0 Å². The van der Waals surface area contributed by atoms with E-state index in [2.05, 4.69) is 0 Å². The van der Waals surface area contributed by atoms with Crippen LogP contribution in [0.5, 0.6) is 0 Å². The minimum atomic E-state index is -1.31. The first-order valence-corrected chi connectivity index (χ1v) is 6.74. The van der Waals surface area contributed by atoms with Gasteiger partial charge >= 0.3 is 5.97 Å². The average molecular weight is 291 g/mol. The minimum Gasteiger partial charge on any atom is -0.477 e. The van der Waals surface area contributed by atoms with Gasteiger partial charge in [-0.3, -0.25) is 4.79 Å². The van der Waals surface area contributed by atoms with Gasteiger partial charge in [0.15, 0.2) is 0 Å². The molecule has 2 aromatic rings. The average Bonchev–Trinajstić information content (AvgIpc) is 2.94. The van der Waals surface area contributed by atoms with Gasteiger partial charge in [-0.05, 0) is 31.0 Å². The molecule has 1 fully saturated rings. The Bertz CT molecular complexity index is 762. The fourth-order valence-electron chi connectivity index (χ4n) is 2.68. The fourth-order valence-corrected chi connectivity index (χ4v) is 2.68. The van der Waals surface area contributed by atoms with Crippen LogP contribution in [0.25, 0.3) is 10.9 Å². The third-order valence-electron chi connectivity index (χ3n) is 3.70. The van der Waals surface area contributed by atoms with Gasteiger partial charge in [-0.1, -0.05) is 0 Å². The molecule has 1 aromatic heterocycles. The lowest BCUT2D eigenvalue weighted by molar-refractivity contribution is 0.0693. The molecule has 1 aliphatic heterocycles. The molecule has 1 atom stereocenters. The number of nitrogens with zero attached hydrogens (tertiary/aromatic N) is 1. The van der Waals surface area contributed by atoms with Crippen LogP contribution in [-0.2, 0) is 11.3 Å². The quantitative estimate of drug-likeness (QED) is 0.939. The van der Waals surface area contributed by atoms with Gasteiger partial charge in [0.05, 0.1) is 11.6 Å². The van der Waals surface area contributed by atoms with E-state index >= 15 is 0 Å². The largest absolute Gasteiger partial charge is 0.477 e. The Labute approximate surface area is 119 Å². The summed E-state index contributed by atoms with van der Waals surface area (Å²) in [5.74, 6) is -1.88. The molecule has 6 heteroatoms. The summed E-state index contributed by atoms with van der Waals surface area (Å²) in [7, 11) is 0. The van der Waals surface area contributed by atoms with Crippen LogP contribution in [0.1, 0.15) is 23.2 Å². The van der Waals surface area contributed by atoms with Gasteiger partial charge in [0.2, 0.25) is 5.43 Å². The fraction of sp³-hybridized carbons (Fsp3) is 0.333. The molecule has 1 N–H and O–H groups in total. The van der Waals surface area contributed by atoms with Gasteiger partial charge in [0.1, 0.15) is 11.4 Å². The predicted octanol–water partition coefficient (Wildman–Crippen LogP) is 2.02. The highest BCUT2D eigenvalue weighted by Gasteiger charge is 2.20. The topological polar surface area (TPSA) is 68.5 Å². The summed E-state index contributed by atoms with van der Waals surface area (Å²) >= 11 is 0. The highest BCUT2D eigenvalue weighted by Crippen LogP contribution is 2.19. The molecule has 1 unspecified atom stereocenters. The molecule has 21 heavy (non-hydrogen) atoms. The standard InChI is InChI=1S/C15H14FNO4/c16-9-3-4-13-11(6-9)14(18)12(15(19)20)8-17(13)7-10-2-1-5-21-10/h3-4,6,8,10H,1-2,5,7H2,(H,19,20). The Kier molecular flexibility index (Phi) is 3.47. The number of aromatic carboxylic acids is 1. The summed E-state index contributed by atoms with van der Waals surface area (Å²) in [5.41, 5.74) is -0.506. The second kappa shape index (κ2) is 5.29. The van der Waals surface area contributed by atoms with Crippen molar-refractivity contribution in [3.63, 3.8) is 0 Å². The van der Waals surface area contributed by atoms with Crippen molar-refractivity contribution < 1.29 is 19.0 Å². The van der Waals surface area contributed by atoms with Gasteiger partial charge in [-0.2, -0.15) is 0 Å². The number of hydrogen-bond acceptors (Lipinski definition) is 3. The molecular weight excluding hydrogens is 277 g/mol. The molecule has 0 radical (unpaired) electrons. The number of rotatable bonds is 3.